The Bertz CT molecular complexity index is 1260. The molecular formula is C22H20FN3O4S. The fraction of sp³-hybridized carbons (Fsp3) is 0.0909. The van der Waals surface area contributed by atoms with Crippen LogP contribution in [0.4, 0.5) is 15.8 Å². The van der Waals surface area contributed by atoms with Gasteiger partial charge in [0.05, 0.1) is 4.90 Å². The molecule has 0 aliphatic rings. The van der Waals surface area contributed by atoms with Crippen molar-refractivity contribution >= 4 is 33.2 Å². The predicted molar refractivity (Wildman–Crippen MR) is 116 cm³/mol. The first-order valence-electron chi connectivity index (χ1n) is 9.22. The predicted octanol–water partition coefficient (Wildman–Crippen LogP) is 3.55. The molecule has 0 spiro atoms. The van der Waals surface area contributed by atoms with E-state index in [9.17, 15) is 22.4 Å². The van der Waals surface area contributed by atoms with Crippen LogP contribution in [0.2, 0.25) is 0 Å². The number of hydrogen-bond donors (Lipinski definition) is 3. The van der Waals surface area contributed by atoms with Crippen LogP contribution in [0.5, 0.6) is 0 Å². The third-order valence-corrected chi connectivity index (χ3v) is 5.91. The van der Waals surface area contributed by atoms with Crippen molar-refractivity contribution in [3.05, 3.63) is 89.2 Å². The highest BCUT2D eigenvalue weighted by Gasteiger charge is 2.17. The SMILES string of the molecule is CNS(=O)(=O)c1ccc(C)c(C(=O)Nc2cccc(C(=O)Nc3cccc(F)c3)c2)c1. The highest BCUT2D eigenvalue weighted by molar-refractivity contribution is 7.89. The molecule has 3 N–H and O–H groups in total. The second-order valence-corrected chi connectivity index (χ2v) is 8.57. The van der Waals surface area contributed by atoms with E-state index < -0.39 is 27.7 Å². The number of amides is 2. The van der Waals surface area contributed by atoms with Gasteiger partial charge in [-0.1, -0.05) is 18.2 Å². The summed E-state index contributed by atoms with van der Waals surface area (Å²) in [6, 6.07) is 15.9. The Morgan fingerprint density at radius 1 is 0.839 bits per heavy atom. The topological polar surface area (TPSA) is 104 Å². The van der Waals surface area contributed by atoms with Crippen molar-refractivity contribution in [2.75, 3.05) is 17.7 Å². The van der Waals surface area contributed by atoms with E-state index in [4.69, 9.17) is 0 Å². The largest absolute Gasteiger partial charge is 0.322 e. The lowest BCUT2D eigenvalue weighted by atomic mass is 10.1. The van der Waals surface area contributed by atoms with Crippen LogP contribution in [0.1, 0.15) is 26.3 Å². The number of anilines is 2. The quantitative estimate of drug-likeness (QED) is 0.544. The third kappa shape index (κ3) is 5.33. The second-order valence-electron chi connectivity index (χ2n) is 6.68. The molecule has 160 valence electrons. The van der Waals surface area contributed by atoms with Gasteiger partial charge >= 0.3 is 0 Å². The number of carbonyl (C=O) groups excluding carboxylic acids is 2. The molecule has 0 radical (unpaired) electrons. The van der Waals surface area contributed by atoms with E-state index in [0.29, 0.717) is 16.9 Å². The van der Waals surface area contributed by atoms with Crippen molar-refractivity contribution in [3.63, 3.8) is 0 Å². The number of benzene rings is 3. The lowest BCUT2D eigenvalue weighted by molar-refractivity contribution is 0.101. The molecular weight excluding hydrogens is 421 g/mol. The molecule has 0 fully saturated rings. The second kappa shape index (κ2) is 9.07. The Hall–Kier alpha value is -3.56. The highest BCUT2D eigenvalue weighted by atomic mass is 32.2. The van der Waals surface area contributed by atoms with Crippen molar-refractivity contribution in [2.24, 2.45) is 0 Å². The molecule has 3 rings (SSSR count). The van der Waals surface area contributed by atoms with Gasteiger partial charge < -0.3 is 10.6 Å². The molecule has 0 heterocycles. The van der Waals surface area contributed by atoms with Gasteiger partial charge in [-0.3, -0.25) is 9.59 Å². The van der Waals surface area contributed by atoms with Gasteiger partial charge in [-0.25, -0.2) is 17.5 Å². The fourth-order valence-electron chi connectivity index (χ4n) is 2.84. The maximum atomic E-state index is 13.3. The molecule has 3 aromatic rings. The average Bonchev–Trinajstić information content (AvgIpc) is 2.74. The van der Waals surface area contributed by atoms with E-state index in [-0.39, 0.29) is 16.0 Å². The summed E-state index contributed by atoms with van der Waals surface area (Å²) in [6.07, 6.45) is 0. The Morgan fingerprint density at radius 2 is 1.48 bits per heavy atom. The van der Waals surface area contributed by atoms with Crippen molar-refractivity contribution in [1.82, 2.24) is 4.72 Å². The first-order chi connectivity index (χ1) is 14.7. The molecule has 7 nitrogen and oxygen atoms in total. The van der Waals surface area contributed by atoms with E-state index in [1.807, 2.05) is 0 Å². The summed E-state index contributed by atoms with van der Waals surface area (Å²) in [5, 5.41) is 5.26. The van der Waals surface area contributed by atoms with Crippen LogP contribution in [0.25, 0.3) is 0 Å². The van der Waals surface area contributed by atoms with E-state index >= 15 is 0 Å². The van der Waals surface area contributed by atoms with Crippen molar-refractivity contribution in [1.29, 1.82) is 0 Å². The zero-order valence-corrected chi connectivity index (χ0v) is 17.6. The van der Waals surface area contributed by atoms with Gasteiger partial charge in [-0.2, -0.15) is 0 Å². The van der Waals surface area contributed by atoms with Gasteiger partial charge in [0.2, 0.25) is 10.0 Å². The number of sulfonamides is 1. The summed E-state index contributed by atoms with van der Waals surface area (Å²) in [6.45, 7) is 1.69. The monoisotopic (exact) mass is 441 g/mol. The van der Waals surface area contributed by atoms with Gasteiger partial charge in [0.1, 0.15) is 5.82 Å². The summed E-state index contributed by atoms with van der Waals surface area (Å²) in [7, 11) is -2.42. The maximum Gasteiger partial charge on any atom is 0.255 e. The van der Waals surface area contributed by atoms with Gasteiger partial charge in [0.25, 0.3) is 11.8 Å². The number of carbonyl (C=O) groups is 2. The zero-order chi connectivity index (χ0) is 22.6. The zero-order valence-electron chi connectivity index (χ0n) is 16.8. The van der Waals surface area contributed by atoms with Gasteiger partial charge in [-0.05, 0) is 68.1 Å². The number of nitrogens with one attached hydrogen (secondary N) is 3. The van der Waals surface area contributed by atoms with Crippen LogP contribution in [-0.4, -0.2) is 27.3 Å². The molecule has 0 unspecified atom stereocenters. The molecule has 0 aromatic heterocycles. The molecule has 0 saturated heterocycles. The molecule has 0 bridgehead atoms. The molecule has 0 aliphatic carbocycles. The minimum atomic E-state index is -3.70. The van der Waals surface area contributed by atoms with E-state index in [0.717, 1.165) is 0 Å². The smallest absolute Gasteiger partial charge is 0.255 e. The minimum absolute atomic E-state index is 0.0334. The van der Waals surface area contributed by atoms with Crippen molar-refractivity contribution < 1.29 is 22.4 Å². The summed E-state index contributed by atoms with van der Waals surface area (Å²) in [5.41, 5.74) is 1.68. The van der Waals surface area contributed by atoms with Crippen LogP contribution in [0.3, 0.4) is 0 Å². The van der Waals surface area contributed by atoms with Crippen LogP contribution in [-0.2, 0) is 10.0 Å². The maximum absolute atomic E-state index is 13.3. The molecule has 0 atom stereocenters. The number of hydrogen-bond acceptors (Lipinski definition) is 4. The van der Waals surface area contributed by atoms with Crippen LogP contribution >= 0.6 is 0 Å². The van der Waals surface area contributed by atoms with Gasteiger partial charge in [-0.15, -0.1) is 0 Å². The van der Waals surface area contributed by atoms with E-state index in [2.05, 4.69) is 15.4 Å². The summed E-state index contributed by atoms with van der Waals surface area (Å²) in [4.78, 5) is 25.2. The van der Waals surface area contributed by atoms with Crippen LogP contribution in [0.15, 0.2) is 71.6 Å². The first-order valence-corrected chi connectivity index (χ1v) is 10.7. The van der Waals surface area contributed by atoms with E-state index in [1.54, 1.807) is 37.3 Å². The minimum Gasteiger partial charge on any atom is -0.322 e. The molecule has 31 heavy (non-hydrogen) atoms. The highest BCUT2D eigenvalue weighted by Crippen LogP contribution is 2.19. The van der Waals surface area contributed by atoms with Crippen LogP contribution in [0, 0.1) is 12.7 Å². The van der Waals surface area contributed by atoms with Gasteiger partial charge in [0, 0.05) is 22.5 Å². The number of halogens is 1. The third-order valence-electron chi connectivity index (χ3n) is 4.50. The standard InChI is InChI=1S/C22H20FN3O4S/c1-14-9-10-19(31(29,30)24-2)13-20(14)22(28)26-17-7-3-5-15(11-17)21(27)25-18-8-4-6-16(23)12-18/h3-13,24H,1-2H3,(H,25,27)(H,26,28). The van der Waals surface area contributed by atoms with Crippen LogP contribution < -0.4 is 15.4 Å². The van der Waals surface area contributed by atoms with Crippen molar-refractivity contribution in [3.8, 4) is 0 Å². The lowest BCUT2D eigenvalue weighted by Crippen LogP contribution is -2.20. The fourth-order valence-corrected chi connectivity index (χ4v) is 3.59. The molecule has 0 saturated carbocycles. The number of aryl methyl sites for hydroxylation is 1. The van der Waals surface area contributed by atoms with Crippen molar-refractivity contribution in [2.45, 2.75) is 11.8 Å². The Kier molecular flexibility index (Phi) is 6.47. The molecule has 2 amide bonds. The van der Waals surface area contributed by atoms with Gasteiger partial charge in [0.15, 0.2) is 0 Å². The Labute approximate surface area is 179 Å². The lowest BCUT2D eigenvalue weighted by Gasteiger charge is -2.11. The molecule has 3 aromatic carbocycles. The molecule has 9 heteroatoms. The average molecular weight is 441 g/mol. The molecule has 0 aliphatic heterocycles. The van der Waals surface area contributed by atoms with E-state index in [1.165, 1.54) is 43.4 Å². The Morgan fingerprint density at radius 3 is 2.16 bits per heavy atom. The normalized spacial score (nSPS) is 11.1. The summed E-state index contributed by atoms with van der Waals surface area (Å²) < 4.78 is 39.6. The Balaban J connectivity index is 1.80. The summed E-state index contributed by atoms with van der Waals surface area (Å²) >= 11 is 0. The number of rotatable bonds is 6. The summed E-state index contributed by atoms with van der Waals surface area (Å²) in [5.74, 6) is -1.47. The first kappa shape index (κ1) is 22.1.